The molecule has 0 aliphatic rings. The summed E-state index contributed by atoms with van der Waals surface area (Å²) in [7, 11) is -2.77. The molecule has 158 valence electrons. The highest BCUT2D eigenvalue weighted by molar-refractivity contribution is 7.93. The highest BCUT2D eigenvalue weighted by Gasteiger charge is 2.24. The molecule has 1 aromatic carbocycles. The van der Waals surface area contributed by atoms with Crippen molar-refractivity contribution >= 4 is 33.0 Å². The van der Waals surface area contributed by atoms with Crippen molar-refractivity contribution in [2.45, 2.75) is 4.90 Å². The maximum atomic E-state index is 12.6. The Balaban J connectivity index is 1.45. The lowest BCUT2D eigenvalue weighted by molar-refractivity contribution is 0.0602. The first-order valence-corrected chi connectivity index (χ1v) is 11.1. The summed E-state index contributed by atoms with van der Waals surface area (Å²) in [4.78, 5) is 11.6. The van der Waals surface area contributed by atoms with Crippen molar-refractivity contribution in [2.75, 3.05) is 11.8 Å². The lowest BCUT2D eigenvalue weighted by Crippen LogP contribution is -2.15. The molecular weight excluding hydrogens is 442 g/mol. The van der Waals surface area contributed by atoms with Crippen LogP contribution in [0.3, 0.4) is 0 Å². The third-order valence-corrected chi connectivity index (χ3v) is 6.43. The number of hydrogen-bond acceptors (Lipinski definition) is 9. The van der Waals surface area contributed by atoms with Gasteiger partial charge in [0, 0.05) is 24.1 Å². The number of carbonyl (C=O) groups excluding carboxylic acids is 1. The number of aromatic nitrogens is 4. The fourth-order valence-corrected chi connectivity index (χ4v) is 4.96. The molecule has 0 unspecified atom stereocenters. The van der Waals surface area contributed by atoms with Gasteiger partial charge in [0.1, 0.15) is 15.5 Å². The van der Waals surface area contributed by atoms with E-state index in [1.54, 1.807) is 47.4 Å². The Labute approximate surface area is 181 Å². The summed E-state index contributed by atoms with van der Waals surface area (Å²) in [6.07, 6.45) is 3.38. The van der Waals surface area contributed by atoms with Crippen LogP contribution >= 0.6 is 11.3 Å². The number of nitrogens with one attached hydrogen (secondary N) is 1. The van der Waals surface area contributed by atoms with Crippen molar-refractivity contribution in [1.82, 2.24) is 20.0 Å². The minimum absolute atomic E-state index is 0.00656. The third kappa shape index (κ3) is 4.54. The molecule has 0 saturated heterocycles. The molecule has 1 N–H and O–H groups in total. The quantitative estimate of drug-likeness (QED) is 0.420. The summed E-state index contributed by atoms with van der Waals surface area (Å²) < 4.78 is 39.5. The Bertz CT molecular complexity index is 1280. The van der Waals surface area contributed by atoms with Crippen molar-refractivity contribution in [3.63, 3.8) is 0 Å². The SMILES string of the molecule is COC(=O)c1sccc1S(=O)(=O)Nc1ccc(Oc2ccc(-n3cccn3)nn2)cc1. The summed E-state index contributed by atoms with van der Waals surface area (Å²) in [5.74, 6) is 0.542. The van der Waals surface area contributed by atoms with Crippen LogP contribution in [0.15, 0.2) is 71.2 Å². The molecular formula is C19H15N5O5S2. The summed E-state index contributed by atoms with van der Waals surface area (Å²) >= 11 is 0.991. The van der Waals surface area contributed by atoms with Gasteiger partial charge in [-0.15, -0.1) is 21.5 Å². The van der Waals surface area contributed by atoms with Crippen LogP contribution in [-0.2, 0) is 14.8 Å². The molecule has 0 aliphatic carbocycles. The van der Waals surface area contributed by atoms with Crippen LogP contribution in [0, 0.1) is 0 Å². The van der Waals surface area contributed by atoms with Crippen LogP contribution in [0.1, 0.15) is 9.67 Å². The normalized spacial score (nSPS) is 11.1. The number of carbonyl (C=O) groups is 1. The Morgan fingerprint density at radius 3 is 2.55 bits per heavy atom. The first-order chi connectivity index (χ1) is 15.0. The van der Waals surface area contributed by atoms with Gasteiger partial charge in [0.2, 0.25) is 5.88 Å². The third-order valence-electron chi connectivity index (χ3n) is 3.98. The minimum Gasteiger partial charge on any atom is -0.465 e. The molecule has 0 amide bonds. The van der Waals surface area contributed by atoms with Gasteiger partial charge in [-0.25, -0.2) is 17.9 Å². The first-order valence-electron chi connectivity index (χ1n) is 8.76. The number of ether oxygens (including phenoxy) is 2. The molecule has 0 fully saturated rings. The highest BCUT2D eigenvalue weighted by Crippen LogP contribution is 2.27. The summed E-state index contributed by atoms with van der Waals surface area (Å²) in [6.45, 7) is 0. The van der Waals surface area contributed by atoms with E-state index in [-0.39, 0.29) is 15.7 Å². The second-order valence-electron chi connectivity index (χ2n) is 6.02. The average molecular weight is 457 g/mol. The molecule has 0 aliphatic heterocycles. The molecule has 0 saturated carbocycles. The molecule has 31 heavy (non-hydrogen) atoms. The van der Waals surface area contributed by atoms with Crippen molar-refractivity contribution in [3.8, 4) is 17.4 Å². The summed E-state index contributed by atoms with van der Waals surface area (Å²) in [5, 5.41) is 13.6. The van der Waals surface area contributed by atoms with E-state index < -0.39 is 16.0 Å². The molecule has 0 radical (unpaired) electrons. The predicted octanol–water partition coefficient (Wildman–Crippen LogP) is 3.10. The molecule has 3 aromatic heterocycles. The number of nitrogens with zero attached hydrogens (tertiary/aromatic N) is 4. The van der Waals surface area contributed by atoms with E-state index in [0.717, 1.165) is 11.3 Å². The predicted molar refractivity (Wildman–Crippen MR) is 112 cm³/mol. The topological polar surface area (TPSA) is 125 Å². The number of anilines is 1. The van der Waals surface area contributed by atoms with Crippen molar-refractivity contribution in [2.24, 2.45) is 0 Å². The molecule has 10 nitrogen and oxygen atoms in total. The van der Waals surface area contributed by atoms with Gasteiger partial charge in [-0.05, 0) is 47.8 Å². The first kappa shape index (κ1) is 20.5. The van der Waals surface area contributed by atoms with Gasteiger partial charge in [0.05, 0.1) is 7.11 Å². The van der Waals surface area contributed by atoms with E-state index in [1.165, 1.54) is 30.7 Å². The van der Waals surface area contributed by atoms with Gasteiger partial charge in [-0.2, -0.15) is 5.10 Å². The molecule has 3 heterocycles. The number of thiophene rings is 1. The Morgan fingerprint density at radius 1 is 1.10 bits per heavy atom. The van der Waals surface area contributed by atoms with Crippen LogP contribution in [0.25, 0.3) is 5.82 Å². The Kier molecular flexibility index (Phi) is 5.64. The molecule has 0 bridgehead atoms. The smallest absolute Gasteiger partial charge is 0.349 e. The van der Waals surface area contributed by atoms with E-state index in [2.05, 4.69) is 24.8 Å². The number of rotatable bonds is 7. The van der Waals surface area contributed by atoms with Gasteiger partial charge in [-0.3, -0.25) is 4.72 Å². The van der Waals surface area contributed by atoms with Crippen molar-refractivity contribution < 1.29 is 22.7 Å². The zero-order chi connectivity index (χ0) is 21.8. The average Bonchev–Trinajstić information content (AvgIpc) is 3.48. The van der Waals surface area contributed by atoms with Gasteiger partial charge in [-0.1, -0.05) is 0 Å². The van der Waals surface area contributed by atoms with Gasteiger partial charge < -0.3 is 9.47 Å². The number of methoxy groups -OCH3 is 1. The number of hydrogen-bond donors (Lipinski definition) is 1. The monoisotopic (exact) mass is 457 g/mol. The minimum atomic E-state index is -3.97. The van der Waals surface area contributed by atoms with Crippen LogP contribution in [0.4, 0.5) is 5.69 Å². The van der Waals surface area contributed by atoms with E-state index in [1.807, 2.05) is 0 Å². The maximum absolute atomic E-state index is 12.6. The van der Waals surface area contributed by atoms with Crippen molar-refractivity contribution in [1.29, 1.82) is 0 Å². The van der Waals surface area contributed by atoms with E-state index >= 15 is 0 Å². The lowest BCUT2D eigenvalue weighted by atomic mass is 10.3. The Morgan fingerprint density at radius 2 is 1.90 bits per heavy atom. The summed E-state index contributed by atoms with van der Waals surface area (Å²) in [5.41, 5.74) is 0.300. The van der Waals surface area contributed by atoms with Crippen LogP contribution in [0.2, 0.25) is 0 Å². The number of esters is 1. The van der Waals surface area contributed by atoms with Gasteiger partial charge in [0.25, 0.3) is 10.0 Å². The molecule has 0 atom stereocenters. The molecule has 4 aromatic rings. The largest absolute Gasteiger partial charge is 0.465 e. The van der Waals surface area contributed by atoms with E-state index in [0.29, 0.717) is 17.3 Å². The fourth-order valence-electron chi connectivity index (χ4n) is 2.57. The van der Waals surface area contributed by atoms with Gasteiger partial charge in [0.15, 0.2) is 5.82 Å². The van der Waals surface area contributed by atoms with E-state index in [4.69, 9.17) is 4.74 Å². The standard InChI is InChI=1S/C19H15N5O5S2/c1-28-19(25)18-15(9-12-30-18)31(26,27)23-13-3-5-14(6-4-13)29-17-8-7-16(21-22-17)24-11-2-10-20-24/h2-12,23H,1H3. The Hall–Kier alpha value is -3.77. The second kappa shape index (κ2) is 8.53. The second-order valence-corrected chi connectivity index (χ2v) is 8.58. The molecule has 0 spiro atoms. The van der Waals surface area contributed by atoms with E-state index in [9.17, 15) is 13.2 Å². The van der Waals surface area contributed by atoms with Gasteiger partial charge >= 0.3 is 5.97 Å². The molecule has 4 rings (SSSR count). The zero-order valence-corrected chi connectivity index (χ0v) is 17.6. The molecule has 12 heteroatoms. The number of benzene rings is 1. The lowest BCUT2D eigenvalue weighted by Gasteiger charge is -2.09. The number of sulfonamides is 1. The van der Waals surface area contributed by atoms with Crippen LogP contribution < -0.4 is 9.46 Å². The van der Waals surface area contributed by atoms with Crippen LogP contribution in [-0.4, -0.2) is 41.5 Å². The zero-order valence-electron chi connectivity index (χ0n) is 16.0. The summed E-state index contributed by atoms with van der Waals surface area (Å²) in [6, 6.07) is 12.7. The fraction of sp³-hybridized carbons (Fsp3) is 0.0526. The highest BCUT2D eigenvalue weighted by atomic mass is 32.2. The van der Waals surface area contributed by atoms with Crippen molar-refractivity contribution in [3.05, 3.63) is 71.2 Å². The van der Waals surface area contributed by atoms with Crippen LogP contribution in [0.5, 0.6) is 11.6 Å². The maximum Gasteiger partial charge on any atom is 0.349 e.